The van der Waals surface area contributed by atoms with Crippen molar-refractivity contribution in [2.45, 2.75) is 17.7 Å². The summed E-state index contributed by atoms with van der Waals surface area (Å²) in [6.45, 7) is 0.116. The zero-order valence-electron chi connectivity index (χ0n) is 11.6. The summed E-state index contributed by atoms with van der Waals surface area (Å²) in [6.07, 6.45) is -0.684. The monoisotopic (exact) mass is 336 g/mol. The first-order valence-electron chi connectivity index (χ1n) is 6.09. The molecule has 0 bridgehead atoms. The quantitative estimate of drug-likeness (QED) is 0.752. The Kier molecular flexibility index (Phi) is 6.23. The van der Waals surface area contributed by atoms with E-state index >= 15 is 0 Å². The molecule has 2 amide bonds. The van der Waals surface area contributed by atoms with Crippen LogP contribution in [0.3, 0.4) is 0 Å². The van der Waals surface area contributed by atoms with E-state index in [9.17, 15) is 26.8 Å². The number of methoxy groups -OCH3 is 1. The first kappa shape index (κ1) is 17.8. The summed E-state index contributed by atoms with van der Waals surface area (Å²) in [5.41, 5.74) is 0. The molecule has 1 aromatic carbocycles. The highest BCUT2D eigenvalue weighted by atomic mass is 32.2. The lowest BCUT2D eigenvalue weighted by molar-refractivity contribution is -0.119. The Bertz CT molecular complexity index is 663. The second-order valence-corrected chi connectivity index (χ2v) is 5.81. The van der Waals surface area contributed by atoms with E-state index in [1.54, 1.807) is 4.72 Å². The maximum atomic E-state index is 13.0. The maximum absolute atomic E-state index is 13.0. The lowest BCUT2D eigenvalue weighted by Gasteiger charge is -2.07. The fraction of sp³-hybridized carbons (Fsp3) is 0.333. The van der Waals surface area contributed by atoms with Crippen molar-refractivity contribution in [1.29, 1.82) is 0 Å². The van der Waals surface area contributed by atoms with Crippen LogP contribution in [0.15, 0.2) is 23.1 Å². The molecule has 0 fully saturated rings. The number of amides is 2. The minimum atomic E-state index is -4.28. The van der Waals surface area contributed by atoms with Gasteiger partial charge in [0.05, 0.1) is 12.0 Å². The molecular weight excluding hydrogens is 322 g/mol. The van der Waals surface area contributed by atoms with Gasteiger partial charge in [-0.3, -0.25) is 4.79 Å². The summed E-state index contributed by atoms with van der Waals surface area (Å²) < 4.78 is 55.3. The summed E-state index contributed by atoms with van der Waals surface area (Å²) in [4.78, 5) is 21.7. The first-order valence-corrected chi connectivity index (χ1v) is 7.57. The molecule has 0 aromatic heterocycles. The summed E-state index contributed by atoms with van der Waals surface area (Å²) >= 11 is 0. The van der Waals surface area contributed by atoms with Crippen LogP contribution in [0.1, 0.15) is 12.8 Å². The third kappa shape index (κ3) is 5.28. The highest BCUT2D eigenvalue weighted by Crippen LogP contribution is 2.13. The van der Waals surface area contributed by atoms with E-state index in [1.807, 2.05) is 0 Å². The van der Waals surface area contributed by atoms with E-state index in [0.29, 0.717) is 12.1 Å². The topological polar surface area (TPSA) is 102 Å². The highest BCUT2D eigenvalue weighted by molar-refractivity contribution is 7.90. The average Bonchev–Trinajstić information content (AvgIpc) is 2.45. The first-order chi connectivity index (χ1) is 10.3. The number of ether oxygens (including phenoxy) is 1. The van der Waals surface area contributed by atoms with Gasteiger partial charge >= 0.3 is 6.09 Å². The number of alkyl carbamates (subject to hydrolysis) is 1. The van der Waals surface area contributed by atoms with E-state index in [4.69, 9.17) is 0 Å². The van der Waals surface area contributed by atoms with Crippen molar-refractivity contribution in [2.75, 3.05) is 13.7 Å². The molecule has 0 radical (unpaired) electrons. The standard InChI is InChI=1S/C12H14F2N2O5S/c1-21-12(18)15-6-2-3-11(17)16-22(19,20)8-4-5-9(13)10(14)7-8/h4-5,7H,2-3,6H2,1H3,(H,15,18)(H,16,17). The van der Waals surface area contributed by atoms with Gasteiger partial charge in [0.15, 0.2) is 11.6 Å². The molecule has 7 nitrogen and oxygen atoms in total. The minimum Gasteiger partial charge on any atom is -0.453 e. The molecule has 1 rings (SSSR count). The highest BCUT2D eigenvalue weighted by Gasteiger charge is 2.19. The molecule has 122 valence electrons. The van der Waals surface area contributed by atoms with Crippen molar-refractivity contribution in [3.8, 4) is 0 Å². The summed E-state index contributed by atoms with van der Waals surface area (Å²) in [5.74, 6) is -3.37. The zero-order chi connectivity index (χ0) is 16.8. The lowest BCUT2D eigenvalue weighted by Crippen LogP contribution is -2.31. The molecule has 0 aliphatic carbocycles. The summed E-state index contributed by atoms with van der Waals surface area (Å²) in [6, 6.07) is 1.96. The van der Waals surface area contributed by atoms with Crippen LogP contribution < -0.4 is 10.0 Å². The van der Waals surface area contributed by atoms with Crippen LogP contribution in [0.4, 0.5) is 13.6 Å². The Morgan fingerprint density at radius 2 is 1.91 bits per heavy atom. The smallest absolute Gasteiger partial charge is 0.406 e. The second-order valence-electron chi connectivity index (χ2n) is 4.13. The zero-order valence-corrected chi connectivity index (χ0v) is 12.4. The predicted octanol–water partition coefficient (Wildman–Crippen LogP) is 0.906. The maximum Gasteiger partial charge on any atom is 0.406 e. The van der Waals surface area contributed by atoms with E-state index < -0.39 is 38.6 Å². The van der Waals surface area contributed by atoms with Gasteiger partial charge < -0.3 is 10.1 Å². The van der Waals surface area contributed by atoms with Gasteiger partial charge in [0.25, 0.3) is 10.0 Å². The number of carbonyl (C=O) groups excluding carboxylic acids is 2. The van der Waals surface area contributed by atoms with Crippen molar-refractivity contribution in [1.82, 2.24) is 10.0 Å². The molecule has 10 heteroatoms. The van der Waals surface area contributed by atoms with Gasteiger partial charge in [-0.1, -0.05) is 0 Å². The van der Waals surface area contributed by atoms with Crippen LogP contribution >= 0.6 is 0 Å². The molecule has 0 spiro atoms. The number of halogens is 2. The Hall–Kier alpha value is -2.23. The number of carbonyl (C=O) groups is 2. The average molecular weight is 336 g/mol. The molecule has 0 saturated heterocycles. The minimum absolute atomic E-state index is 0.116. The van der Waals surface area contributed by atoms with Crippen molar-refractivity contribution >= 4 is 22.0 Å². The molecule has 22 heavy (non-hydrogen) atoms. The van der Waals surface area contributed by atoms with E-state index in [-0.39, 0.29) is 19.4 Å². The molecule has 2 N–H and O–H groups in total. The fourth-order valence-electron chi connectivity index (χ4n) is 1.42. The molecule has 0 heterocycles. The second kappa shape index (κ2) is 7.69. The van der Waals surface area contributed by atoms with E-state index in [0.717, 1.165) is 6.07 Å². The van der Waals surface area contributed by atoms with Crippen LogP contribution in [0, 0.1) is 11.6 Å². The van der Waals surface area contributed by atoms with Crippen molar-refractivity contribution in [3.63, 3.8) is 0 Å². The van der Waals surface area contributed by atoms with Gasteiger partial charge in [-0.2, -0.15) is 0 Å². The van der Waals surface area contributed by atoms with Gasteiger partial charge in [-0.15, -0.1) is 0 Å². The van der Waals surface area contributed by atoms with Crippen LogP contribution in [-0.2, 0) is 19.6 Å². The summed E-state index contributed by atoms with van der Waals surface area (Å²) in [5, 5.41) is 2.31. The molecule has 0 aliphatic rings. The number of nitrogens with one attached hydrogen (secondary N) is 2. The number of hydrogen-bond acceptors (Lipinski definition) is 5. The van der Waals surface area contributed by atoms with Crippen LogP contribution in [0.25, 0.3) is 0 Å². The third-order valence-corrected chi connectivity index (χ3v) is 3.86. The van der Waals surface area contributed by atoms with Crippen molar-refractivity contribution in [3.05, 3.63) is 29.8 Å². The predicted molar refractivity (Wildman–Crippen MR) is 71.3 cm³/mol. The van der Waals surface area contributed by atoms with Gasteiger partial charge in [0, 0.05) is 13.0 Å². The van der Waals surface area contributed by atoms with Gasteiger partial charge in [-0.05, 0) is 24.6 Å². The normalized spacial score (nSPS) is 10.9. The van der Waals surface area contributed by atoms with Gasteiger partial charge in [0.2, 0.25) is 5.91 Å². The number of rotatable bonds is 6. The molecule has 0 unspecified atom stereocenters. The largest absolute Gasteiger partial charge is 0.453 e. The van der Waals surface area contributed by atoms with Crippen molar-refractivity contribution < 1.29 is 31.5 Å². The van der Waals surface area contributed by atoms with Crippen LogP contribution in [0.5, 0.6) is 0 Å². The number of sulfonamides is 1. The Balaban J connectivity index is 2.55. The lowest BCUT2D eigenvalue weighted by atomic mass is 10.3. The molecule has 0 aliphatic heterocycles. The summed E-state index contributed by atoms with van der Waals surface area (Å²) in [7, 11) is -3.10. The van der Waals surface area contributed by atoms with Gasteiger partial charge in [0.1, 0.15) is 0 Å². The fourth-order valence-corrected chi connectivity index (χ4v) is 2.44. The van der Waals surface area contributed by atoms with Crippen LogP contribution in [-0.4, -0.2) is 34.1 Å². The van der Waals surface area contributed by atoms with E-state index in [2.05, 4.69) is 10.1 Å². The third-order valence-electron chi connectivity index (χ3n) is 2.48. The molecule has 1 aromatic rings. The van der Waals surface area contributed by atoms with Crippen molar-refractivity contribution in [2.24, 2.45) is 0 Å². The van der Waals surface area contributed by atoms with E-state index in [1.165, 1.54) is 7.11 Å². The van der Waals surface area contributed by atoms with Crippen LogP contribution in [0.2, 0.25) is 0 Å². The Morgan fingerprint density at radius 1 is 1.23 bits per heavy atom. The Labute approximate surface area is 125 Å². The molecule has 0 atom stereocenters. The number of benzene rings is 1. The SMILES string of the molecule is COC(=O)NCCCC(=O)NS(=O)(=O)c1ccc(F)c(F)c1. The molecular formula is C12H14F2N2O5S. The van der Waals surface area contributed by atoms with Gasteiger partial charge in [-0.25, -0.2) is 26.7 Å². The Morgan fingerprint density at radius 3 is 2.50 bits per heavy atom. The molecule has 0 saturated carbocycles. The number of hydrogen-bond donors (Lipinski definition) is 2.